The number of sulfonamides is 1. The Bertz CT molecular complexity index is 1080. The van der Waals surface area contributed by atoms with Gasteiger partial charge in [0, 0.05) is 24.5 Å². The Hall–Kier alpha value is -2.70. The largest absolute Gasteiger partial charge is 0.354 e. The van der Waals surface area contributed by atoms with E-state index in [9.17, 15) is 8.42 Å². The van der Waals surface area contributed by atoms with Gasteiger partial charge in [-0.05, 0) is 96.1 Å². The molecule has 11 nitrogen and oxygen atoms in total. The third-order valence-electron chi connectivity index (χ3n) is 7.83. The van der Waals surface area contributed by atoms with Gasteiger partial charge in [-0.2, -0.15) is 15.0 Å². The van der Waals surface area contributed by atoms with E-state index in [1.807, 2.05) is 26.0 Å². The molecular formula is C29H53N9O2S. The molecule has 0 fully saturated rings. The predicted octanol–water partition coefficient (Wildman–Crippen LogP) is 5.22. The third-order valence-corrected chi connectivity index (χ3v) is 10.2. The fourth-order valence-electron chi connectivity index (χ4n) is 4.33. The minimum absolute atomic E-state index is 0.412. The molecule has 0 bridgehead atoms. The molecule has 2 rings (SSSR count). The van der Waals surface area contributed by atoms with E-state index >= 15 is 0 Å². The zero-order valence-corrected chi connectivity index (χ0v) is 27.1. The monoisotopic (exact) mass is 591 g/mol. The first-order valence-electron chi connectivity index (χ1n) is 15.2. The van der Waals surface area contributed by atoms with Crippen LogP contribution in [0.5, 0.6) is 0 Å². The first-order chi connectivity index (χ1) is 19.6. The second-order valence-corrected chi connectivity index (χ2v) is 12.6. The quantitative estimate of drug-likeness (QED) is 0.143. The molecule has 232 valence electrons. The van der Waals surface area contributed by atoms with Crippen molar-refractivity contribution in [1.29, 1.82) is 0 Å². The SMILES string of the molecule is CCN(CC)CCCNc1nc(NCCCN(CC)CC)nc(Nc2ccc(NS(=O)(=O)C(C)(CC)CC)cc2)n1. The Morgan fingerprint density at radius 3 is 1.51 bits per heavy atom. The van der Waals surface area contributed by atoms with Crippen molar-refractivity contribution >= 4 is 39.2 Å². The van der Waals surface area contributed by atoms with Crippen molar-refractivity contribution in [2.45, 2.75) is 78.9 Å². The minimum atomic E-state index is -3.52. The van der Waals surface area contributed by atoms with E-state index < -0.39 is 14.8 Å². The molecule has 0 unspecified atom stereocenters. The van der Waals surface area contributed by atoms with Gasteiger partial charge in [0.25, 0.3) is 0 Å². The number of hydrogen-bond donors (Lipinski definition) is 4. The standard InChI is InChI=1S/C29H53N9O2S/c1-8-29(7,9-2)41(39,40)36-25-18-16-24(17-19-25)32-28-34-26(30-20-14-22-37(10-3)11-4)33-27(35-28)31-21-15-23-38(12-5)13-6/h16-19,36H,8-15,20-23H2,1-7H3,(H3,30,31,32,33,34,35). The van der Waals surface area contributed by atoms with Gasteiger partial charge < -0.3 is 25.8 Å². The second-order valence-electron chi connectivity index (χ2n) is 10.4. The van der Waals surface area contributed by atoms with Gasteiger partial charge in [0.05, 0.1) is 4.75 Å². The van der Waals surface area contributed by atoms with Crippen LogP contribution in [-0.4, -0.2) is 90.3 Å². The van der Waals surface area contributed by atoms with Crippen molar-refractivity contribution in [3.05, 3.63) is 24.3 Å². The molecule has 12 heteroatoms. The normalized spacial score (nSPS) is 12.1. The zero-order chi connectivity index (χ0) is 30.3. The average Bonchev–Trinajstić information content (AvgIpc) is 2.97. The molecular weight excluding hydrogens is 538 g/mol. The Morgan fingerprint density at radius 2 is 1.10 bits per heavy atom. The molecule has 0 aliphatic rings. The van der Waals surface area contributed by atoms with Gasteiger partial charge in [0.1, 0.15) is 0 Å². The first kappa shape index (κ1) is 34.5. The van der Waals surface area contributed by atoms with Crippen molar-refractivity contribution in [3.63, 3.8) is 0 Å². The van der Waals surface area contributed by atoms with Crippen LogP contribution in [0.25, 0.3) is 0 Å². The molecule has 0 saturated carbocycles. The summed E-state index contributed by atoms with van der Waals surface area (Å²) in [5.74, 6) is 1.43. The van der Waals surface area contributed by atoms with Crippen LogP contribution in [-0.2, 0) is 10.0 Å². The van der Waals surface area contributed by atoms with Crippen LogP contribution in [0, 0.1) is 0 Å². The molecule has 1 aromatic heterocycles. The van der Waals surface area contributed by atoms with Crippen LogP contribution in [0.1, 0.15) is 74.1 Å². The van der Waals surface area contributed by atoms with E-state index in [-0.39, 0.29) is 0 Å². The molecule has 0 aliphatic carbocycles. The highest BCUT2D eigenvalue weighted by molar-refractivity contribution is 7.94. The predicted molar refractivity (Wildman–Crippen MR) is 173 cm³/mol. The van der Waals surface area contributed by atoms with Gasteiger partial charge in [-0.3, -0.25) is 4.72 Å². The summed E-state index contributed by atoms with van der Waals surface area (Å²) in [5.41, 5.74) is 1.26. The number of aromatic nitrogens is 3. The summed E-state index contributed by atoms with van der Waals surface area (Å²) in [6.07, 6.45) is 3.04. The van der Waals surface area contributed by atoms with Gasteiger partial charge in [-0.15, -0.1) is 0 Å². The molecule has 1 aromatic carbocycles. The summed E-state index contributed by atoms with van der Waals surface area (Å²) < 4.78 is 27.8. The van der Waals surface area contributed by atoms with Gasteiger partial charge in [0.2, 0.25) is 27.9 Å². The minimum Gasteiger partial charge on any atom is -0.354 e. The van der Waals surface area contributed by atoms with Crippen molar-refractivity contribution in [2.75, 3.05) is 73.0 Å². The van der Waals surface area contributed by atoms with Crippen LogP contribution in [0.15, 0.2) is 24.3 Å². The van der Waals surface area contributed by atoms with Crippen molar-refractivity contribution in [3.8, 4) is 0 Å². The number of anilines is 5. The van der Waals surface area contributed by atoms with E-state index in [1.165, 1.54) is 0 Å². The summed E-state index contributed by atoms with van der Waals surface area (Å²) in [7, 11) is -3.52. The maximum Gasteiger partial charge on any atom is 0.238 e. The Balaban J connectivity index is 2.12. The van der Waals surface area contributed by atoms with E-state index in [2.05, 4.69) is 73.1 Å². The smallest absolute Gasteiger partial charge is 0.238 e. The van der Waals surface area contributed by atoms with Crippen LogP contribution < -0.4 is 20.7 Å². The van der Waals surface area contributed by atoms with Crippen molar-refractivity contribution in [1.82, 2.24) is 24.8 Å². The highest BCUT2D eigenvalue weighted by atomic mass is 32.2. The summed E-state index contributed by atoms with van der Waals surface area (Å²) in [6.45, 7) is 21.9. The lowest BCUT2D eigenvalue weighted by molar-refractivity contribution is 0.303. The van der Waals surface area contributed by atoms with Crippen LogP contribution in [0.3, 0.4) is 0 Å². The number of rotatable bonds is 21. The molecule has 0 atom stereocenters. The van der Waals surface area contributed by atoms with Gasteiger partial charge in [0.15, 0.2) is 0 Å². The molecule has 0 saturated heterocycles. The highest BCUT2D eigenvalue weighted by Gasteiger charge is 2.35. The Labute approximate surface area is 248 Å². The molecule has 2 aromatic rings. The summed E-state index contributed by atoms with van der Waals surface area (Å²) >= 11 is 0. The van der Waals surface area contributed by atoms with Crippen LogP contribution >= 0.6 is 0 Å². The zero-order valence-electron chi connectivity index (χ0n) is 26.3. The van der Waals surface area contributed by atoms with Gasteiger partial charge >= 0.3 is 0 Å². The topological polar surface area (TPSA) is 127 Å². The first-order valence-corrected chi connectivity index (χ1v) is 16.7. The second kappa shape index (κ2) is 17.3. The molecule has 0 spiro atoms. The third kappa shape index (κ3) is 10.9. The summed E-state index contributed by atoms with van der Waals surface area (Å²) in [6, 6.07) is 7.10. The summed E-state index contributed by atoms with van der Waals surface area (Å²) in [4.78, 5) is 18.5. The Morgan fingerprint density at radius 1 is 0.683 bits per heavy atom. The number of nitrogens with zero attached hydrogens (tertiary/aromatic N) is 5. The Kier molecular flexibility index (Phi) is 14.6. The van der Waals surface area contributed by atoms with Crippen LogP contribution in [0.4, 0.5) is 29.2 Å². The lowest BCUT2D eigenvalue weighted by Gasteiger charge is -2.27. The number of hydrogen-bond acceptors (Lipinski definition) is 10. The van der Waals surface area contributed by atoms with E-state index in [1.54, 1.807) is 19.1 Å². The molecule has 0 amide bonds. The maximum absolute atomic E-state index is 12.9. The van der Waals surface area contributed by atoms with Gasteiger partial charge in [-0.25, -0.2) is 8.42 Å². The average molecular weight is 592 g/mol. The van der Waals surface area contributed by atoms with E-state index in [4.69, 9.17) is 0 Å². The van der Waals surface area contributed by atoms with Crippen LogP contribution in [0.2, 0.25) is 0 Å². The van der Waals surface area contributed by atoms with Gasteiger partial charge in [-0.1, -0.05) is 41.5 Å². The van der Waals surface area contributed by atoms with Crippen molar-refractivity contribution < 1.29 is 8.42 Å². The molecule has 0 radical (unpaired) electrons. The molecule has 1 heterocycles. The maximum atomic E-state index is 12.9. The van der Waals surface area contributed by atoms with E-state index in [0.29, 0.717) is 36.4 Å². The fourth-order valence-corrected chi connectivity index (χ4v) is 5.79. The molecule has 41 heavy (non-hydrogen) atoms. The number of nitrogens with one attached hydrogen (secondary N) is 4. The lowest BCUT2D eigenvalue weighted by Crippen LogP contribution is -2.38. The fraction of sp³-hybridized carbons (Fsp3) is 0.690. The summed E-state index contributed by atoms with van der Waals surface area (Å²) in [5, 5.41) is 9.94. The number of benzene rings is 1. The van der Waals surface area contributed by atoms with Crippen molar-refractivity contribution in [2.24, 2.45) is 0 Å². The highest BCUT2D eigenvalue weighted by Crippen LogP contribution is 2.28. The molecule has 4 N–H and O–H groups in total. The van der Waals surface area contributed by atoms with E-state index in [0.717, 1.165) is 70.9 Å². The molecule has 0 aliphatic heterocycles. The lowest BCUT2D eigenvalue weighted by atomic mass is 10.1.